The number of amides is 1. The SMILES string of the molecule is CC(=O)OCCCS(=O)(=O)NC(=O)c1ccc(B(O)O)cc1OC(C)C. The molecule has 1 rings (SSSR count). The van der Waals surface area contributed by atoms with Gasteiger partial charge in [0, 0.05) is 6.92 Å². The maximum atomic E-state index is 12.3. The molecule has 0 bridgehead atoms. The van der Waals surface area contributed by atoms with E-state index in [0.29, 0.717) is 0 Å². The largest absolute Gasteiger partial charge is 0.490 e. The maximum absolute atomic E-state index is 12.3. The molecule has 0 aliphatic carbocycles. The minimum Gasteiger partial charge on any atom is -0.490 e. The first-order chi connectivity index (χ1) is 12.0. The molecule has 26 heavy (non-hydrogen) atoms. The van der Waals surface area contributed by atoms with E-state index in [1.807, 2.05) is 4.72 Å². The predicted molar refractivity (Wildman–Crippen MR) is 94.5 cm³/mol. The fraction of sp³-hybridized carbons (Fsp3) is 0.467. The van der Waals surface area contributed by atoms with E-state index in [2.05, 4.69) is 4.74 Å². The number of carbonyl (C=O) groups is 2. The van der Waals surface area contributed by atoms with Crippen LogP contribution in [-0.2, 0) is 19.6 Å². The molecule has 0 atom stereocenters. The van der Waals surface area contributed by atoms with Crippen molar-refractivity contribution in [1.82, 2.24) is 4.72 Å². The van der Waals surface area contributed by atoms with Crippen molar-refractivity contribution in [2.75, 3.05) is 12.4 Å². The number of benzene rings is 1. The number of ether oxygens (including phenoxy) is 2. The lowest BCUT2D eigenvalue weighted by Crippen LogP contribution is -2.35. The summed E-state index contributed by atoms with van der Waals surface area (Å²) < 4.78 is 36.0. The maximum Gasteiger partial charge on any atom is 0.488 e. The Bertz CT molecular complexity index is 748. The molecular weight excluding hydrogens is 365 g/mol. The lowest BCUT2D eigenvalue weighted by atomic mass is 9.80. The monoisotopic (exact) mass is 387 g/mol. The number of nitrogens with one attached hydrogen (secondary N) is 1. The minimum atomic E-state index is -3.94. The molecule has 0 heterocycles. The van der Waals surface area contributed by atoms with Gasteiger partial charge in [-0.2, -0.15) is 0 Å². The molecule has 0 spiro atoms. The van der Waals surface area contributed by atoms with Crippen LogP contribution in [0.4, 0.5) is 0 Å². The first-order valence-electron chi connectivity index (χ1n) is 7.86. The minimum absolute atomic E-state index is 0.0261. The van der Waals surface area contributed by atoms with Gasteiger partial charge in [0.05, 0.1) is 24.0 Å². The van der Waals surface area contributed by atoms with Crippen molar-refractivity contribution in [3.8, 4) is 5.75 Å². The van der Waals surface area contributed by atoms with E-state index >= 15 is 0 Å². The van der Waals surface area contributed by atoms with Crippen molar-refractivity contribution >= 4 is 34.5 Å². The number of hydrogen-bond acceptors (Lipinski definition) is 8. The first-order valence-corrected chi connectivity index (χ1v) is 9.52. The van der Waals surface area contributed by atoms with E-state index < -0.39 is 34.8 Å². The van der Waals surface area contributed by atoms with Gasteiger partial charge in [0.25, 0.3) is 5.91 Å². The average Bonchev–Trinajstić information content (AvgIpc) is 2.50. The lowest BCUT2D eigenvalue weighted by molar-refractivity contribution is -0.140. The van der Waals surface area contributed by atoms with Crippen LogP contribution in [0.5, 0.6) is 5.75 Å². The van der Waals surface area contributed by atoms with Gasteiger partial charge in [-0.1, -0.05) is 6.07 Å². The normalized spacial score (nSPS) is 11.2. The van der Waals surface area contributed by atoms with Gasteiger partial charge in [-0.3, -0.25) is 9.59 Å². The van der Waals surface area contributed by atoms with E-state index in [1.54, 1.807) is 13.8 Å². The average molecular weight is 387 g/mol. The number of rotatable bonds is 9. The second-order valence-corrected chi connectivity index (χ2v) is 7.58. The van der Waals surface area contributed by atoms with E-state index in [9.17, 15) is 28.1 Å². The molecule has 144 valence electrons. The standard InChI is InChI=1S/C15H22BNO8S/c1-10(2)25-14-9-12(16(20)21)5-6-13(14)15(19)17-26(22,23)8-4-7-24-11(3)18/h5-6,9-10,20-21H,4,7-8H2,1-3H3,(H,17,19). The molecule has 0 saturated carbocycles. The Labute approximate surface area is 152 Å². The summed E-state index contributed by atoms with van der Waals surface area (Å²) in [4.78, 5) is 22.9. The Morgan fingerprint density at radius 3 is 2.46 bits per heavy atom. The van der Waals surface area contributed by atoms with Crippen molar-refractivity contribution in [2.45, 2.75) is 33.3 Å². The van der Waals surface area contributed by atoms with Crippen molar-refractivity contribution in [3.63, 3.8) is 0 Å². The number of carbonyl (C=O) groups excluding carboxylic acids is 2. The molecule has 0 aliphatic heterocycles. The first kappa shape index (κ1) is 21.9. The zero-order chi connectivity index (χ0) is 19.9. The Kier molecular flexibility index (Phi) is 8.06. The number of sulfonamides is 1. The molecule has 0 aliphatic rings. The molecule has 0 radical (unpaired) electrons. The highest BCUT2D eigenvalue weighted by Gasteiger charge is 2.22. The summed E-state index contributed by atoms with van der Waals surface area (Å²) in [6, 6.07) is 3.78. The van der Waals surface area contributed by atoms with Crippen molar-refractivity contribution in [1.29, 1.82) is 0 Å². The van der Waals surface area contributed by atoms with Gasteiger partial charge in [-0.05, 0) is 37.9 Å². The summed E-state index contributed by atoms with van der Waals surface area (Å²) in [6.07, 6.45) is -0.291. The van der Waals surface area contributed by atoms with Crippen LogP contribution in [0.15, 0.2) is 18.2 Å². The Hall–Kier alpha value is -2.11. The van der Waals surface area contributed by atoms with Gasteiger partial charge in [0.15, 0.2) is 0 Å². The van der Waals surface area contributed by atoms with E-state index in [0.717, 1.165) is 0 Å². The van der Waals surface area contributed by atoms with Crippen LogP contribution in [0.1, 0.15) is 37.6 Å². The van der Waals surface area contributed by atoms with Gasteiger partial charge < -0.3 is 19.5 Å². The second kappa shape index (κ2) is 9.55. The van der Waals surface area contributed by atoms with Crippen molar-refractivity contribution in [3.05, 3.63) is 23.8 Å². The third-order valence-corrected chi connectivity index (χ3v) is 4.34. The van der Waals surface area contributed by atoms with Gasteiger partial charge >= 0.3 is 13.1 Å². The molecule has 1 aromatic rings. The number of esters is 1. The third-order valence-electron chi connectivity index (χ3n) is 3.02. The Morgan fingerprint density at radius 2 is 1.92 bits per heavy atom. The predicted octanol–water partition coefficient (Wildman–Crippen LogP) is -0.834. The van der Waals surface area contributed by atoms with Crippen LogP contribution in [-0.4, -0.2) is 55.9 Å². The summed E-state index contributed by atoms with van der Waals surface area (Å²) in [5, 5.41) is 18.5. The van der Waals surface area contributed by atoms with Crippen molar-refractivity contribution in [2.24, 2.45) is 0 Å². The van der Waals surface area contributed by atoms with Gasteiger partial charge in [0.2, 0.25) is 10.0 Å². The summed E-state index contributed by atoms with van der Waals surface area (Å²) in [7, 11) is -5.70. The highest BCUT2D eigenvalue weighted by atomic mass is 32.2. The topological polar surface area (TPSA) is 139 Å². The smallest absolute Gasteiger partial charge is 0.488 e. The van der Waals surface area contributed by atoms with Gasteiger partial charge in [-0.15, -0.1) is 0 Å². The highest BCUT2D eigenvalue weighted by Crippen LogP contribution is 2.19. The summed E-state index contributed by atoms with van der Waals surface area (Å²) in [5.74, 6) is -1.81. The van der Waals surface area contributed by atoms with Crippen molar-refractivity contribution < 1.29 is 37.5 Å². The molecule has 1 amide bonds. The fourth-order valence-electron chi connectivity index (χ4n) is 1.95. The van der Waals surface area contributed by atoms with E-state index in [-0.39, 0.29) is 35.9 Å². The van der Waals surface area contributed by atoms with E-state index in [1.165, 1.54) is 25.1 Å². The van der Waals surface area contributed by atoms with Crippen LogP contribution in [0, 0.1) is 0 Å². The summed E-state index contributed by atoms with van der Waals surface area (Å²) >= 11 is 0. The summed E-state index contributed by atoms with van der Waals surface area (Å²) in [5.41, 5.74) is 0.0353. The van der Waals surface area contributed by atoms with Gasteiger partial charge in [-0.25, -0.2) is 13.1 Å². The molecule has 11 heteroatoms. The second-order valence-electron chi connectivity index (χ2n) is 5.74. The molecule has 0 aromatic heterocycles. The molecule has 0 saturated heterocycles. The van der Waals surface area contributed by atoms with Gasteiger partial charge in [0.1, 0.15) is 5.75 Å². The molecule has 1 aromatic carbocycles. The molecule has 0 unspecified atom stereocenters. The Morgan fingerprint density at radius 1 is 1.27 bits per heavy atom. The molecule has 3 N–H and O–H groups in total. The highest BCUT2D eigenvalue weighted by molar-refractivity contribution is 7.90. The zero-order valence-electron chi connectivity index (χ0n) is 14.8. The molecule has 9 nitrogen and oxygen atoms in total. The Balaban J connectivity index is 2.89. The fourth-order valence-corrected chi connectivity index (χ4v) is 2.94. The molecule has 0 fully saturated rings. The van der Waals surface area contributed by atoms with Crippen LogP contribution >= 0.6 is 0 Å². The van der Waals surface area contributed by atoms with Crippen LogP contribution in [0.2, 0.25) is 0 Å². The number of hydrogen-bond donors (Lipinski definition) is 3. The van der Waals surface area contributed by atoms with Crippen LogP contribution in [0.3, 0.4) is 0 Å². The third kappa shape index (κ3) is 7.42. The van der Waals surface area contributed by atoms with Crippen LogP contribution in [0.25, 0.3) is 0 Å². The zero-order valence-corrected chi connectivity index (χ0v) is 15.6. The lowest BCUT2D eigenvalue weighted by Gasteiger charge is -2.15. The van der Waals surface area contributed by atoms with Crippen LogP contribution < -0.4 is 14.9 Å². The van der Waals surface area contributed by atoms with E-state index in [4.69, 9.17) is 4.74 Å². The molecular formula is C15H22BNO8S. The summed E-state index contributed by atoms with van der Waals surface area (Å²) in [6.45, 7) is 4.54. The quantitative estimate of drug-likeness (QED) is 0.283.